The number of halogens is 2. The summed E-state index contributed by atoms with van der Waals surface area (Å²) >= 11 is 0. The van der Waals surface area contributed by atoms with E-state index in [1.165, 1.54) is 36.4 Å². The van der Waals surface area contributed by atoms with Crippen LogP contribution in [0, 0.1) is 11.6 Å². The summed E-state index contributed by atoms with van der Waals surface area (Å²) in [7, 11) is 0. The highest BCUT2D eigenvalue weighted by molar-refractivity contribution is 6.04. The molecule has 1 heterocycles. The van der Waals surface area contributed by atoms with Gasteiger partial charge in [-0.05, 0) is 60.9 Å². The van der Waals surface area contributed by atoms with Gasteiger partial charge < -0.3 is 10.3 Å². The molecule has 0 spiro atoms. The molecule has 4 rings (SSSR count). The molecule has 1 amide bonds. The van der Waals surface area contributed by atoms with E-state index in [0.717, 1.165) is 23.8 Å². The number of anilines is 1. The van der Waals surface area contributed by atoms with Gasteiger partial charge in [0.05, 0.1) is 5.41 Å². The fourth-order valence-electron chi connectivity index (χ4n) is 3.02. The van der Waals surface area contributed by atoms with E-state index >= 15 is 0 Å². The molecule has 23 heavy (non-hydrogen) atoms. The Morgan fingerprint density at radius 3 is 2.43 bits per heavy atom. The number of carbonyl (C=O) groups is 1. The molecule has 0 saturated heterocycles. The van der Waals surface area contributed by atoms with E-state index in [1.54, 1.807) is 12.3 Å². The van der Waals surface area contributed by atoms with Crippen LogP contribution in [0.3, 0.4) is 0 Å². The van der Waals surface area contributed by atoms with Crippen LogP contribution in [0.1, 0.15) is 18.4 Å². The van der Waals surface area contributed by atoms with Gasteiger partial charge in [0.25, 0.3) is 0 Å². The smallest absolute Gasteiger partial charge is 0.235 e. The molecular weight excluding hydrogens is 298 g/mol. The molecule has 2 aromatic carbocycles. The number of benzene rings is 2. The number of rotatable bonds is 3. The van der Waals surface area contributed by atoms with Gasteiger partial charge in [-0.2, -0.15) is 0 Å². The highest BCUT2D eigenvalue weighted by Gasteiger charge is 2.52. The van der Waals surface area contributed by atoms with Gasteiger partial charge in [-0.15, -0.1) is 0 Å². The first-order chi connectivity index (χ1) is 11.1. The third kappa shape index (κ3) is 2.29. The van der Waals surface area contributed by atoms with Crippen molar-refractivity contribution in [3.63, 3.8) is 0 Å². The van der Waals surface area contributed by atoms with Crippen molar-refractivity contribution in [3.05, 3.63) is 65.9 Å². The fourth-order valence-corrected chi connectivity index (χ4v) is 3.02. The lowest BCUT2D eigenvalue weighted by Crippen LogP contribution is -2.27. The molecule has 1 saturated carbocycles. The lowest BCUT2D eigenvalue weighted by molar-refractivity contribution is -0.118. The zero-order chi connectivity index (χ0) is 16.0. The van der Waals surface area contributed by atoms with Crippen LogP contribution >= 0.6 is 0 Å². The lowest BCUT2D eigenvalue weighted by atomic mass is 9.94. The van der Waals surface area contributed by atoms with Crippen LogP contribution in [-0.4, -0.2) is 10.9 Å². The van der Waals surface area contributed by atoms with Gasteiger partial charge in [-0.25, -0.2) is 8.78 Å². The summed E-state index contributed by atoms with van der Waals surface area (Å²) < 4.78 is 26.3. The highest BCUT2D eigenvalue weighted by atomic mass is 19.1. The Bertz CT molecular complexity index is 895. The molecule has 3 aromatic rings. The first kappa shape index (κ1) is 13.9. The largest absolute Gasteiger partial charge is 0.361 e. The van der Waals surface area contributed by atoms with Crippen molar-refractivity contribution in [2.75, 3.05) is 5.32 Å². The standard InChI is InChI=1S/C18H14F2N2O/c19-11-1-4-13(5-2-11)22-17(23)18(7-8-18)15-10-21-16-9-12(20)3-6-14(15)16/h1-6,9-10,21H,7-8H2,(H,22,23). The van der Waals surface area contributed by atoms with Crippen LogP contribution in [0.25, 0.3) is 10.9 Å². The zero-order valence-corrected chi connectivity index (χ0v) is 12.2. The quantitative estimate of drug-likeness (QED) is 0.751. The van der Waals surface area contributed by atoms with Crippen LogP contribution in [0.4, 0.5) is 14.5 Å². The molecule has 1 fully saturated rings. The maximum atomic E-state index is 13.3. The zero-order valence-electron chi connectivity index (χ0n) is 12.2. The third-order valence-electron chi connectivity index (χ3n) is 4.45. The summed E-state index contributed by atoms with van der Waals surface area (Å²) in [6, 6.07) is 10.2. The normalized spacial score (nSPS) is 15.6. The van der Waals surface area contributed by atoms with Gasteiger partial charge in [0.15, 0.2) is 0 Å². The lowest BCUT2D eigenvalue weighted by Gasteiger charge is -2.15. The second kappa shape index (κ2) is 4.91. The average Bonchev–Trinajstić information content (AvgIpc) is 3.24. The predicted octanol–water partition coefficient (Wildman–Crippen LogP) is 4.12. The Hall–Kier alpha value is -2.69. The Kier molecular flexibility index (Phi) is 2.98. The van der Waals surface area contributed by atoms with Crippen molar-refractivity contribution in [2.24, 2.45) is 0 Å². The molecule has 116 valence electrons. The van der Waals surface area contributed by atoms with Gasteiger partial charge >= 0.3 is 0 Å². The van der Waals surface area contributed by atoms with Crippen LogP contribution < -0.4 is 5.32 Å². The van der Waals surface area contributed by atoms with Crippen LogP contribution in [0.2, 0.25) is 0 Å². The molecule has 1 aromatic heterocycles. The van der Waals surface area contributed by atoms with Crippen molar-refractivity contribution >= 4 is 22.5 Å². The Morgan fingerprint density at radius 1 is 1.04 bits per heavy atom. The van der Waals surface area contributed by atoms with Crippen molar-refractivity contribution in [2.45, 2.75) is 18.3 Å². The Morgan fingerprint density at radius 2 is 1.74 bits per heavy atom. The predicted molar refractivity (Wildman–Crippen MR) is 84.2 cm³/mol. The molecule has 3 nitrogen and oxygen atoms in total. The minimum absolute atomic E-state index is 0.116. The van der Waals surface area contributed by atoms with Crippen molar-refractivity contribution in [1.29, 1.82) is 0 Å². The molecule has 0 atom stereocenters. The second-order valence-corrected chi connectivity index (χ2v) is 5.94. The van der Waals surface area contributed by atoms with Gasteiger partial charge in [-0.3, -0.25) is 4.79 Å². The molecule has 0 aliphatic heterocycles. The van der Waals surface area contributed by atoms with E-state index in [4.69, 9.17) is 0 Å². The molecular formula is C18H14F2N2O. The Balaban J connectivity index is 1.66. The van der Waals surface area contributed by atoms with Crippen molar-refractivity contribution in [3.8, 4) is 0 Å². The molecule has 5 heteroatoms. The number of hydrogen-bond donors (Lipinski definition) is 2. The van der Waals surface area contributed by atoms with Crippen LogP contribution in [-0.2, 0) is 10.2 Å². The van der Waals surface area contributed by atoms with E-state index in [2.05, 4.69) is 10.3 Å². The third-order valence-corrected chi connectivity index (χ3v) is 4.45. The number of aromatic amines is 1. The molecule has 1 aliphatic rings. The van der Waals surface area contributed by atoms with E-state index in [1.807, 2.05) is 0 Å². The molecule has 2 N–H and O–H groups in total. The maximum absolute atomic E-state index is 13.3. The van der Waals surface area contributed by atoms with Gasteiger partial charge in [0.1, 0.15) is 11.6 Å². The van der Waals surface area contributed by atoms with E-state index in [-0.39, 0.29) is 17.5 Å². The monoisotopic (exact) mass is 312 g/mol. The van der Waals surface area contributed by atoms with Crippen LogP contribution in [0.5, 0.6) is 0 Å². The molecule has 1 aliphatic carbocycles. The van der Waals surface area contributed by atoms with E-state index in [0.29, 0.717) is 11.2 Å². The minimum atomic E-state index is -0.593. The number of hydrogen-bond acceptors (Lipinski definition) is 1. The van der Waals surface area contributed by atoms with Crippen molar-refractivity contribution < 1.29 is 13.6 Å². The number of fused-ring (bicyclic) bond motifs is 1. The average molecular weight is 312 g/mol. The molecule has 0 unspecified atom stereocenters. The summed E-state index contributed by atoms with van der Waals surface area (Å²) in [4.78, 5) is 15.7. The summed E-state index contributed by atoms with van der Waals surface area (Å²) in [5.41, 5.74) is 1.53. The summed E-state index contributed by atoms with van der Waals surface area (Å²) in [6.45, 7) is 0. The number of nitrogens with one attached hydrogen (secondary N) is 2. The molecule has 0 bridgehead atoms. The minimum Gasteiger partial charge on any atom is -0.361 e. The topological polar surface area (TPSA) is 44.9 Å². The summed E-state index contributed by atoms with van der Waals surface area (Å²) in [5.74, 6) is -0.774. The Labute approximate surface area is 131 Å². The van der Waals surface area contributed by atoms with E-state index < -0.39 is 5.41 Å². The fraction of sp³-hybridized carbons (Fsp3) is 0.167. The number of aromatic nitrogens is 1. The molecule has 0 radical (unpaired) electrons. The second-order valence-electron chi connectivity index (χ2n) is 5.94. The first-order valence-corrected chi connectivity index (χ1v) is 7.43. The SMILES string of the molecule is O=C(Nc1ccc(F)cc1)C1(c2c[nH]c3cc(F)ccc23)CC1. The maximum Gasteiger partial charge on any atom is 0.235 e. The van der Waals surface area contributed by atoms with E-state index in [9.17, 15) is 13.6 Å². The summed E-state index contributed by atoms with van der Waals surface area (Å²) in [6.07, 6.45) is 3.26. The van der Waals surface area contributed by atoms with Gasteiger partial charge in [-0.1, -0.05) is 0 Å². The number of carbonyl (C=O) groups excluding carboxylic acids is 1. The number of amides is 1. The van der Waals surface area contributed by atoms with Gasteiger partial charge in [0, 0.05) is 22.8 Å². The van der Waals surface area contributed by atoms with Crippen molar-refractivity contribution in [1.82, 2.24) is 4.98 Å². The van der Waals surface area contributed by atoms with Crippen LogP contribution in [0.15, 0.2) is 48.7 Å². The number of H-pyrrole nitrogens is 1. The van der Waals surface area contributed by atoms with Gasteiger partial charge in [0.2, 0.25) is 5.91 Å². The first-order valence-electron chi connectivity index (χ1n) is 7.43. The summed E-state index contributed by atoms with van der Waals surface area (Å²) in [5, 5.41) is 3.70. The highest BCUT2D eigenvalue weighted by Crippen LogP contribution is 2.51.